The molecule has 0 spiro atoms. The Hall–Kier alpha value is -1.87. The maximum Gasteiger partial charge on any atom is 0.146 e. The minimum absolute atomic E-state index is 0.103. The van der Waals surface area contributed by atoms with E-state index < -0.39 is 0 Å². The first kappa shape index (κ1) is 18.5. The van der Waals surface area contributed by atoms with Crippen LogP contribution in [-0.2, 0) is 13.1 Å². The molecule has 2 nitrogen and oxygen atoms in total. The van der Waals surface area contributed by atoms with E-state index in [1.165, 1.54) is 69.2 Å². The van der Waals surface area contributed by atoms with Gasteiger partial charge in [0.2, 0.25) is 0 Å². The quantitative estimate of drug-likeness (QED) is 0.641. The van der Waals surface area contributed by atoms with E-state index in [4.69, 9.17) is 0 Å². The Morgan fingerprint density at radius 1 is 0.852 bits per heavy atom. The third kappa shape index (κ3) is 4.70. The standard InChI is InChI=1S/C24H31FN2/c25-23-13-4-5-14-24(23)27(22-11-2-3-12-22)19-21-10-8-9-20(17-21)18-26-15-6-1-7-16-26/h4-5,8-10,13-14,17,22H,1-3,6-7,11-12,15-16,18-19H2. The number of rotatable bonds is 6. The Morgan fingerprint density at radius 2 is 1.59 bits per heavy atom. The molecular weight excluding hydrogens is 335 g/mol. The van der Waals surface area contributed by atoms with E-state index in [0.717, 1.165) is 18.8 Å². The van der Waals surface area contributed by atoms with Gasteiger partial charge in [-0.05, 0) is 62.0 Å². The largest absolute Gasteiger partial charge is 0.362 e. The second kappa shape index (κ2) is 8.88. The normalized spacial score (nSPS) is 18.7. The van der Waals surface area contributed by atoms with Gasteiger partial charge in [-0.3, -0.25) is 4.90 Å². The van der Waals surface area contributed by atoms with Gasteiger partial charge in [0.25, 0.3) is 0 Å². The van der Waals surface area contributed by atoms with Gasteiger partial charge in [0.05, 0.1) is 5.69 Å². The van der Waals surface area contributed by atoms with Gasteiger partial charge in [0.1, 0.15) is 5.82 Å². The summed E-state index contributed by atoms with van der Waals surface area (Å²) in [6, 6.07) is 16.6. The van der Waals surface area contributed by atoms with Gasteiger partial charge in [-0.2, -0.15) is 0 Å². The number of hydrogen-bond acceptors (Lipinski definition) is 2. The SMILES string of the molecule is Fc1ccccc1N(Cc1cccc(CN2CCCCC2)c1)C1CCCC1. The van der Waals surface area contributed by atoms with E-state index in [0.29, 0.717) is 6.04 Å². The molecule has 4 rings (SSSR count). The van der Waals surface area contributed by atoms with E-state index in [2.05, 4.69) is 34.1 Å². The van der Waals surface area contributed by atoms with Crippen LogP contribution in [0, 0.1) is 5.82 Å². The van der Waals surface area contributed by atoms with Crippen molar-refractivity contribution < 1.29 is 4.39 Å². The molecule has 1 saturated heterocycles. The van der Waals surface area contributed by atoms with Gasteiger partial charge in [-0.1, -0.05) is 55.7 Å². The summed E-state index contributed by atoms with van der Waals surface area (Å²) in [5.41, 5.74) is 3.43. The van der Waals surface area contributed by atoms with Crippen LogP contribution in [-0.4, -0.2) is 24.0 Å². The molecule has 27 heavy (non-hydrogen) atoms. The molecule has 0 amide bonds. The lowest BCUT2D eigenvalue weighted by atomic mass is 10.1. The van der Waals surface area contributed by atoms with Crippen LogP contribution in [0.25, 0.3) is 0 Å². The zero-order chi connectivity index (χ0) is 18.5. The summed E-state index contributed by atoms with van der Waals surface area (Å²) in [7, 11) is 0. The van der Waals surface area contributed by atoms with Crippen LogP contribution >= 0.6 is 0 Å². The summed E-state index contributed by atoms with van der Waals surface area (Å²) < 4.78 is 14.5. The van der Waals surface area contributed by atoms with Crippen molar-refractivity contribution in [2.24, 2.45) is 0 Å². The highest BCUT2D eigenvalue weighted by Gasteiger charge is 2.25. The van der Waals surface area contributed by atoms with Crippen molar-refractivity contribution in [3.63, 3.8) is 0 Å². The van der Waals surface area contributed by atoms with Crippen molar-refractivity contribution in [3.8, 4) is 0 Å². The van der Waals surface area contributed by atoms with Gasteiger partial charge in [-0.25, -0.2) is 4.39 Å². The van der Waals surface area contributed by atoms with E-state index in [1.807, 2.05) is 12.1 Å². The highest BCUT2D eigenvalue weighted by atomic mass is 19.1. The van der Waals surface area contributed by atoms with Crippen LogP contribution < -0.4 is 4.90 Å². The zero-order valence-electron chi connectivity index (χ0n) is 16.2. The molecule has 1 aliphatic carbocycles. The van der Waals surface area contributed by atoms with Crippen molar-refractivity contribution in [3.05, 3.63) is 65.5 Å². The maximum atomic E-state index is 14.5. The summed E-state index contributed by atoms with van der Waals surface area (Å²) in [6.07, 6.45) is 8.86. The highest BCUT2D eigenvalue weighted by molar-refractivity contribution is 5.49. The molecule has 3 heteroatoms. The number of anilines is 1. The smallest absolute Gasteiger partial charge is 0.146 e. The van der Waals surface area contributed by atoms with Crippen molar-refractivity contribution in [1.29, 1.82) is 0 Å². The van der Waals surface area contributed by atoms with Gasteiger partial charge in [-0.15, -0.1) is 0 Å². The van der Waals surface area contributed by atoms with Crippen LogP contribution in [0.5, 0.6) is 0 Å². The molecule has 0 bridgehead atoms. The monoisotopic (exact) mass is 366 g/mol. The lowest BCUT2D eigenvalue weighted by molar-refractivity contribution is 0.221. The fraction of sp³-hybridized carbons (Fsp3) is 0.500. The van der Waals surface area contributed by atoms with Gasteiger partial charge < -0.3 is 4.90 Å². The second-order valence-corrected chi connectivity index (χ2v) is 8.17. The van der Waals surface area contributed by atoms with Gasteiger partial charge in [0, 0.05) is 19.1 Å². The van der Waals surface area contributed by atoms with Crippen molar-refractivity contribution in [2.45, 2.75) is 64.1 Å². The molecular formula is C24H31FN2. The first-order valence-electron chi connectivity index (χ1n) is 10.6. The van der Waals surface area contributed by atoms with E-state index >= 15 is 0 Å². The third-order valence-electron chi connectivity index (χ3n) is 6.13. The van der Waals surface area contributed by atoms with E-state index in [1.54, 1.807) is 12.1 Å². The molecule has 144 valence electrons. The molecule has 1 heterocycles. The average Bonchev–Trinajstić information content (AvgIpc) is 3.22. The Kier molecular flexibility index (Phi) is 6.08. The summed E-state index contributed by atoms with van der Waals surface area (Å²) in [5, 5.41) is 0. The Morgan fingerprint density at radius 3 is 2.37 bits per heavy atom. The number of benzene rings is 2. The number of hydrogen-bond donors (Lipinski definition) is 0. The van der Waals surface area contributed by atoms with Gasteiger partial charge in [0.15, 0.2) is 0 Å². The zero-order valence-corrected chi connectivity index (χ0v) is 16.2. The average molecular weight is 367 g/mol. The molecule has 1 aliphatic heterocycles. The first-order valence-corrected chi connectivity index (χ1v) is 10.6. The minimum atomic E-state index is -0.103. The van der Waals surface area contributed by atoms with Crippen LogP contribution in [0.2, 0.25) is 0 Å². The fourth-order valence-electron chi connectivity index (χ4n) is 4.71. The topological polar surface area (TPSA) is 6.48 Å². The summed E-state index contributed by atoms with van der Waals surface area (Å²) in [6.45, 7) is 4.26. The molecule has 1 saturated carbocycles. The molecule has 2 fully saturated rings. The minimum Gasteiger partial charge on any atom is -0.362 e. The molecule has 0 atom stereocenters. The number of piperidine rings is 1. The maximum absolute atomic E-state index is 14.5. The predicted octanol–water partition coefficient (Wildman–Crippen LogP) is 5.76. The third-order valence-corrected chi connectivity index (χ3v) is 6.13. The molecule has 0 radical (unpaired) electrons. The van der Waals surface area contributed by atoms with Crippen LogP contribution in [0.4, 0.5) is 10.1 Å². The van der Waals surface area contributed by atoms with Crippen molar-refractivity contribution >= 4 is 5.69 Å². The van der Waals surface area contributed by atoms with Gasteiger partial charge >= 0.3 is 0 Å². The summed E-state index contributed by atoms with van der Waals surface area (Å²) in [5.74, 6) is -0.103. The van der Waals surface area contributed by atoms with Crippen LogP contribution in [0.15, 0.2) is 48.5 Å². The number of para-hydroxylation sites is 1. The Bertz CT molecular complexity index is 733. The predicted molar refractivity (Wildman–Crippen MR) is 110 cm³/mol. The van der Waals surface area contributed by atoms with Crippen molar-refractivity contribution in [2.75, 3.05) is 18.0 Å². The lowest BCUT2D eigenvalue weighted by Crippen LogP contribution is -2.33. The number of likely N-dealkylation sites (tertiary alicyclic amines) is 1. The number of halogens is 1. The molecule has 2 aliphatic rings. The van der Waals surface area contributed by atoms with E-state index in [9.17, 15) is 4.39 Å². The molecule has 0 unspecified atom stereocenters. The summed E-state index contributed by atoms with van der Waals surface area (Å²) in [4.78, 5) is 4.87. The molecule has 0 N–H and O–H groups in total. The van der Waals surface area contributed by atoms with Crippen LogP contribution in [0.1, 0.15) is 56.1 Å². The van der Waals surface area contributed by atoms with Crippen LogP contribution in [0.3, 0.4) is 0 Å². The lowest BCUT2D eigenvalue weighted by Gasteiger charge is -2.32. The fourth-order valence-corrected chi connectivity index (χ4v) is 4.71. The molecule has 2 aromatic carbocycles. The molecule has 2 aromatic rings. The molecule has 0 aromatic heterocycles. The first-order chi connectivity index (χ1) is 13.3. The highest BCUT2D eigenvalue weighted by Crippen LogP contribution is 2.31. The second-order valence-electron chi connectivity index (χ2n) is 8.17. The Labute approximate surface area is 163 Å². The van der Waals surface area contributed by atoms with E-state index in [-0.39, 0.29) is 5.82 Å². The summed E-state index contributed by atoms with van der Waals surface area (Å²) >= 11 is 0. The van der Waals surface area contributed by atoms with Crippen molar-refractivity contribution in [1.82, 2.24) is 4.90 Å². The Balaban J connectivity index is 1.52. The number of nitrogens with zero attached hydrogens (tertiary/aromatic N) is 2.